The molecule has 234 valence electrons. The van der Waals surface area contributed by atoms with Gasteiger partial charge in [-0.1, -0.05) is 65.0 Å². The minimum absolute atomic E-state index is 0.0998. The van der Waals surface area contributed by atoms with Gasteiger partial charge in [-0.25, -0.2) is 4.68 Å². The standard InChI is InChI=1S/C29H37F3N6O5/c1-27(2,3)21(36-26(42)29(30,31)32)24(41)38-13-17-18(28(17,4)5)20(38)23(40)35-19(22(33)39)16-12-34-37(6)25(16)43-14-15-10-8-7-9-11-15/h7-12,17-21H,13-14H2,1-6H3,(H2,33,39)(H,35,40)(H,36,42)/t17-,18-,19?,20-,21?/m0/s1. The van der Waals surface area contributed by atoms with Crippen molar-refractivity contribution in [2.45, 2.75) is 65.5 Å². The van der Waals surface area contributed by atoms with Crippen molar-refractivity contribution in [1.82, 2.24) is 25.3 Å². The number of fused-ring (bicyclic) bond motifs is 1. The van der Waals surface area contributed by atoms with Crippen LogP contribution in [-0.4, -0.2) is 63.1 Å². The number of benzene rings is 1. The summed E-state index contributed by atoms with van der Waals surface area (Å²) in [5.41, 5.74) is 5.31. The summed E-state index contributed by atoms with van der Waals surface area (Å²) < 4.78 is 46.7. The third-order valence-corrected chi connectivity index (χ3v) is 8.42. The topological polar surface area (TPSA) is 149 Å². The number of carbonyl (C=O) groups excluding carboxylic acids is 4. The van der Waals surface area contributed by atoms with Gasteiger partial charge < -0.3 is 26.0 Å². The number of aryl methyl sites for hydroxylation is 1. The third kappa shape index (κ3) is 6.32. The monoisotopic (exact) mass is 606 g/mol. The summed E-state index contributed by atoms with van der Waals surface area (Å²) in [7, 11) is 1.60. The first-order chi connectivity index (χ1) is 19.9. The highest BCUT2D eigenvalue weighted by Crippen LogP contribution is 2.65. The molecular formula is C29H37F3N6O5. The van der Waals surface area contributed by atoms with Crippen molar-refractivity contribution in [3.8, 4) is 5.88 Å². The molecule has 1 aliphatic heterocycles. The van der Waals surface area contributed by atoms with E-state index in [-0.39, 0.29) is 41.8 Å². The van der Waals surface area contributed by atoms with Crippen molar-refractivity contribution in [3.63, 3.8) is 0 Å². The Morgan fingerprint density at radius 1 is 1.12 bits per heavy atom. The Labute approximate surface area is 247 Å². The number of alkyl halides is 3. The van der Waals surface area contributed by atoms with Crippen LogP contribution in [0.25, 0.3) is 0 Å². The van der Waals surface area contributed by atoms with Gasteiger partial charge in [-0.2, -0.15) is 18.3 Å². The van der Waals surface area contributed by atoms with Crippen molar-refractivity contribution in [2.75, 3.05) is 6.54 Å². The molecular weight excluding hydrogens is 569 g/mol. The minimum Gasteiger partial charge on any atom is -0.473 e. The maximum absolute atomic E-state index is 13.9. The highest BCUT2D eigenvalue weighted by molar-refractivity contribution is 5.96. The van der Waals surface area contributed by atoms with Gasteiger partial charge in [0, 0.05) is 13.6 Å². The van der Waals surface area contributed by atoms with Crippen LogP contribution in [0.5, 0.6) is 5.88 Å². The van der Waals surface area contributed by atoms with E-state index >= 15 is 0 Å². The van der Waals surface area contributed by atoms with E-state index in [9.17, 15) is 32.3 Å². The van der Waals surface area contributed by atoms with E-state index < -0.39 is 53.3 Å². The molecule has 14 heteroatoms. The van der Waals surface area contributed by atoms with Gasteiger partial charge in [0.25, 0.3) is 0 Å². The number of hydrogen-bond donors (Lipinski definition) is 3. The lowest BCUT2D eigenvalue weighted by Crippen LogP contribution is -2.61. The maximum Gasteiger partial charge on any atom is 0.471 e. The van der Waals surface area contributed by atoms with E-state index in [0.717, 1.165) is 5.56 Å². The van der Waals surface area contributed by atoms with Crippen molar-refractivity contribution in [3.05, 3.63) is 47.7 Å². The second-order valence-corrected chi connectivity index (χ2v) is 12.8. The predicted molar refractivity (Wildman–Crippen MR) is 148 cm³/mol. The predicted octanol–water partition coefficient (Wildman–Crippen LogP) is 2.22. The number of aromatic nitrogens is 2. The second-order valence-electron chi connectivity index (χ2n) is 12.8. The third-order valence-electron chi connectivity index (χ3n) is 8.42. The molecule has 1 aromatic carbocycles. The molecule has 4 N–H and O–H groups in total. The first-order valence-corrected chi connectivity index (χ1v) is 13.8. The van der Waals surface area contributed by atoms with E-state index in [4.69, 9.17) is 10.5 Å². The van der Waals surface area contributed by atoms with Crippen LogP contribution in [-0.2, 0) is 32.8 Å². The number of rotatable bonds is 9. The quantitative estimate of drug-likeness (QED) is 0.399. The molecule has 1 aromatic heterocycles. The SMILES string of the molecule is Cn1ncc(C(NC(=O)[C@@H]2[C@@H]3[C@H](CN2C(=O)C(NC(=O)C(F)(F)F)C(C)(C)C)C3(C)C)C(N)=O)c1OCc1ccccc1. The Morgan fingerprint density at radius 2 is 1.74 bits per heavy atom. The Morgan fingerprint density at radius 3 is 2.30 bits per heavy atom. The van der Waals surface area contributed by atoms with Crippen LogP contribution >= 0.6 is 0 Å². The summed E-state index contributed by atoms with van der Waals surface area (Å²) in [5.74, 6) is -4.93. The number of piperidine rings is 1. The average Bonchev–Trinajstić information content (AvgIpc) is 3.22. The van der Waals surface area contributed by atoms with E-state index in [1.165, 1.54) is 36.5 Å². The number of nitrogens with two attached hydrogens (primary N) is 1. The number of nitrogens with zero attached hydrogens (tertiary/aromatic N) is 3. The van der Waals surface area contributed by atoms with Crippen molar-refractivity contribution in [2.24, 2.45) is 35.4 Å². The lowest BCUT2D eigenvalue weighted by Gasteiger charge is -2.38. The maximum atomic E-state index is 13.9. The number of nitrogens with one attached hydrogen (secondary N) is 2. The van der Waals surface area contributed by atoms with E-state index in [0.29, 0.717) is 0 Å². The van der Waals surface area contributed by atoms with Gasteiger partial charge in [-0.3, -0.25) is 19.2 Å². The number of amides is 4. The molecule has 43 heavy (non-hydrogen) atoms. The molecule has 11 nitrogen and oxygen atoms in total. The van der Waals surface area contributed by atoms with Gasteiger partial charge in [0.05, 0.1) is 11.8 Å². The smallest absolute Gasteiger partial charge is 0.471 e. The summed E-state index contributed by atoms with van der Waals surface area (Å²) in [5, 5.41) is 8.62. The molecule has 1 aliphatic carbocycles. The van der Waals surface area contributed by atoms with Gasteiger partial charge in [0.1, 0.15) is 24.7 Å². The average molecular weight is 607 g/mol. The molecule has 4 amide bonds. The number of hydrogen-bond acceptors (Lipinski definition) is 6. The summed E-state index contributed by atoms with van der Waals surface area (Å²) in [6.45, 7) is 8.66. The normalized spacial score (nSPS) is 22.3. The highest BCUT2D eigenvalue weighted by Gasteiger charge is 2.70. The summed E-state index contributed by atoms with van der Waals surface area (Å²) in [4.78, 5) is 53.3. The number of halogens is 3. The Bertz CT molecular complexity index is 1400. The van der Waals surface area contributed by atoms with Crippen LogP contribution in [0.15, 0.2) is 36.5 Å². The number of ether oxygens (including phenoxy) is 1. The van der Waals surface area contributed by atoms with Crippen molar-refractivity contribution in [1.29, 1.82) is 0 Å². The summed E-state index contributed by atoms with van der Waals surface area (Å²) in [6.07, 6.45) is -3.85. The minimum atomic E-state index is -5.20. The first kappa shape index (κ1) is 31.8. The van der Waals surface area contributed by atoms with Crippen LogP contribution in [0.1, 0.15) is 51.8 Å². The zero-order chi connectivity index (χ0) is 32.1. The van der Waals surface area contributed by atoms with Gasteiger partial charge >= 0.3 is 12.1 Å². The summed E-state index contributed by atoms with van der Waals surface area (Å²) >= 11 is 0. The van der Waals surface area contributed by atoms with Gasteiger partial charge in [-0.15, -0.1) is 0 Å². The number of primary amides is 1. The lowest BCUT2D eigenvalue weighted by molar-refractivity contribution is -0.176. The molecule has 0 spiro atoms. The molecule has 2 fully saturated rings. The molecule has 2 aliphatic rings. The molecule has 1 saturated carbocycles. The number of carbonyl (C=O) groups is 4. The van der Waals surface area contributed by atoms with E-state index in [1.807, 2.05) is 49.5 Å². The largest absolute Gasteiger partial charge is 0.473 e. The fourth-order valence-corrected chi connectivity index (χ4v) is 5.91. The Kier molecular flexibility index (Phi) is 8.28. The lowest BCUT2D eigenvalue weighted by atomic mass is 9.85. The first-order valence-electron chi connectivity index (χ1n) is 13.8. The van der Waals surface area contributed by atoms with Crippen LogP contribution in [0, 0.1) is 22.7 Å². The fourth-order valence-electron chi connectivity index (χ4n) is 5.91. The van der Waals surface area contributed by atoms with Gasteiger partial charge in [-0.05, 0) is 28.2 Å². The zero-order valence-electron chi connectivity index (χ0n) is 24.9. The molecule has 2 unspecified atom stereocenters. The number of likely N-dealkylation sites (tertiary alicyclic amines) is 1. The van der Waals surface area contributed by atoms with Gasteiger partial charge in [0.2, 0.25) is 23.6 Å². The molecule has 2 heterocycles. The van der Waals surface area contributed by atoms with Crippen LogP contribution in [0.4, 0.5) is 13.2 Å². The van der Waals surface area contributed by atoms with E-state index in [1.54, 1.807) is 7.05 Å². The molecule has 4 rings (SSSR count). The molecule has 5 atom stereocenters. The van der Waals surface area contributed by atoms with Gasteiger partial charge in [0.15, 0.2) is 0 Å². The molecule has 1 saturated heterocycles. The fraction of sp³-hybridized carbons (Fsp3) is 0.552. The van der Waals surface area contributed by atoms with Crippen LogP contribution in [0.3, 0.4) is 0 Å². The highest BCUT2D eigenvalue weighted by atomic mass is 19.4. The van der Waals surface area contributed by atoms with Crippen LogP contribution in [0.2, 0.25) is 0 Å². The molecule has 2 aromatic rings. The second kappa shape index (κ2) is 11.2. The molecule has 0 bridgehead atoms. The van der Waals surface area contributed by atoms with Crippen LogP contribution < -0.4 is 21.1 Å². The van der Waals surface area contributed by atoms with Crippen molar-refractivity contribution >= 4 is 23.6 Å². The Balaban J connectivity index is 1.60. The van der Waals surface area contributed by atoms with Crippen molar-refractivity contribution < 1.29 is 37.1 Å². The summed E-state index contributed by atoms with van der Waals surface area (Å²) in [6, 6.07) is 5.18. The molecule has 0 radical (unpaired) electrons. The van der Waals surface area contributed by atoms with E-state index in [2.05, 4.69) is 10.4 Å². The Hall–Kier alpha value is -4.10. The zero-order valence-corrected chi connectivity index (χ0v) is 24.9.